The van der Waals surface area contributed by atoms with Crippen molar-refractivity contribution in [3.8, 4) is 0 Å². The van der Waals surface area contributed by atoms with Crippen LogP contribution in [0, 0.1) is 5.92 Å². The first-order valence-electron chi connectivity index (χ1n) is 6.23. The number of hydrogen-bond acceptors (Lipinski definition) is 2. The van der Waals surface area contributed by atoms with Crippen molar-refractivity contribution in [1.29, 1.82) is 0 Å². The molecule has 0 saturated heterocycles. The number of halogens is 1. The summed E-state index contributed by atoms with van der Waals surface area (Å²) in [4.78, 5) is 1.43. The molecule has 3 heteroatoms. The molecule has 1 nitrogen and oxygen atoms in total. The number of thiophene rings is 1. The van der Waals surface area contributed by atoms with E-state index >= 15 is 0 Å². The predicted molar refractivity (Wildman–Crippen MR) is 75.0 cm³/mol. The van der Waals surface area contributed by atoms with Gasteiger partial charge < -0.3 is 5.32 Å². The summed E-state index contributed by atoms with van der Waals surface area (Å²) in [6.45, 7) is 3.42. The molecular formula is C13H20BrNS. The van der Waals surface area contributed by atoms with Gasteiger partial charge in [0.05, 0.1) is 0 Å². The van der Waals surface area contributed by atoms with E-state index in [1.165, 1.54) is 48.0 Å². The summed E-state index contributed by atoms with van der Waals surface area (Å²) in [5.74, 6) is 0.995. The van der Waals surface area contributed by atoms with E-state index in [2.05, 4.69) is 39.6 Å². The molecule has 0 aromatic carbocycles. The highest BCUT2D eigenvalue weighted by molar-refractivity contribution is 9.10. The van der Waals surface area contributed by atoms with Crippen LogP contribution in [0.15, 0.2) is 15.9 Å². The van der Waals surface area contributed by atoms with Crippen molar-refractivity contribution < 1.29 is 0 Å². The van der Waals surface area contributed by atoms with Gasteiger partial charge in [-0.1, -0.05) is 25.7 Å². The van der Waals surface area contributed by atoms with Crippen LogP contribution in [-0.4, -0.2) is 6.54 Å². The smallest absolute Gasteiger partial charge is 0.0386 e. The molecule has 1 aromatic heterocycles. The van der Waals surface area contributed by atoms with Crippen LogP contribution in [0.1, 0.15) is 49.9 Å². The van der Waals surface area contributed by atoms with Crippen LogP contribution >= 0.6 is 27.3 Å². The Morgan fingerprint density at radius 3 is 2.88 bits per heavy atom. The van der Waals surface area contributed by atoms with Crippen molar-refractivity contribution in [2.75, 3.05) is 6.54 Å². The lowest BCUT2D eigenvalue weighted by Gasteiger charge is -2.14. The first kappa shape index (κ1) is 12.6. The van der Waals surface area contributed by atoms with E-state index in [0.29, 0.717) is 6.04 Å². The van der Waals surface area contributed by atoms with Crippen LogP contribution in [0.2, 0.25) is 0 Å². The topological polar surface area (TPSA) is 12.0 Å². The molecule has 1 fully saturated rings. The second-order valence-corrected chi connectivity index (χ2v) is 6.64. The lowest BCUT2D eigenvalue weighted by atomic mass is 10.0. The molecular weight excluding hydrogens is 282 g/mol. The number of hydrogen-bond donors (Lipinski definition) is 1. The fraction of sp³-hybridized carbons (Fsp3) is 0.692. The third kappa shape index (κ3) is 3.57. The molecule has 1 atom stereocenters. The van der Waals surface area contributed by atoms with Gasteiger partial charge in [0, 0.05) is 20.8 Å². The van der Waals surface area contributed by atoms with Crippen LogP contribution in [0.5, 0.6) is 0 Å². The molecule has 0 bridgehead atoms. The first-order valence-corrected chi connectivity index (χ1v) is 7.90. The molecule has 1 aromatic rings. The Balaban J connectivity index is 1.69. The quantitative estimate of drug-likeness (QED) is 0.828. The molecule has 2 rings (SSSR count). The second-order valence-electron chi connectivity index (χ2n) is 4.78. The van der Waals surface area contributed by atoms with Gasteiger partial charge in [0.15, 0.2) is 0 Å². The Morgan fingerprint density at radius 1 is 1.50 bits per heavy atom. The van der Waals surface area contributed by atoms with Gasteiger partial charge in [-0.15, -0.1) is 11.3 Å². The maximum Gasteiger partial charge on any atom is 0.0386 e. The summed E-state index contributed by atoms with van der Waals surface area (Å²) in [6, 6.07) is 2.72. The summed E-state index contributed by atoms with van der Waals surface area (Å²) < 4.78 is 1.21. The van der Waals surface area contributed by atoms with Crippen LogP contribution in [0.3, 0.4) is 0 Å². The molecule has 1 N–H and O–H groups in total. The Labute approximate surface area is 111 Å². The summed E-state index contributed by atoms with van der Waals surface area (Å²) in [5, 5.41) is 5.79. The van der Waals surface area contributed by atoms with Crippen LogP contribution in [-0.2, 0) is 0 Å². The molecule has 1 aliphatic carbocycles. The molecule has 1 saturated carbocycles. The average molecular weight is 302 g/mol. The monoisotopic (exact) mass is 301 g/mol. The van der Waals surface area contributed by atoms with Crippen LogP contribution in [0.4, 0.5) is 0 Å². The molecule has 1 unspecified atom stereocenters. The summed E-state index contributed by atoms with van der Waals surface area (Å²) >= 11 is 5.34. The molecule has 0 radical (unpaired) electrons. The summed E-state index contributed by atoms with van der Waals surface area (Å²) in [5.41, 5.74) is 0. The molecule has 16 heavy (non-hydrogen) atoms. The highest BCUT2D eigenvalue weighted by Crippen LogP contribution is 2.28. The van der Waals surface area contributed by atoms with E-state index < -0.39 is 0 Å². The van der Waals surface area contributed by atoms with Gasteiger partial charge in [-0.05, 0) is 47.8 Å². The van der Waals surface area contributed by atoms with Crippen LogP contribution in [0.25, 0.3) is 0 Å². The Kier molecular flexibility index (Phi) is 4.86. The predicted octanol–water partition coefficient (Wildman–Crippen LogP) is 4.74. The SMILES string of the molecule is CC(NCCC1CCCC1)c1cc(Br)cs1. The normalized spacial score (nSPS) is 19.1. The van der Waals surface area contributed by atoms with E-state index in [4.69, 9.17) is 0 Å². The standard InChI is InChI=1S/C13H20BrNS/c1-10(13-8-12(14)9-16-13)15-7-6-11-4-2-3-5-11/h8-11,15H,2-7H2,1H3. The van der Waals surface area contributed by atoms with Gasteiger partial charge in [-0.25, -0.2) is 0 Å². The molecule has 1 aliphatic rings. The van der Waals surface area contributed by atoms with Crippen molar-refractivity contribution in [3.63, 3.8) is 0 Å². The Morgan fingerprint density at radius 2 is 2.25 bits per heavy atom. The molecule has 0 amide bonds. The van der Waals surface area contributed by atoms with Crippen molar-refractivity contribution in [1.82, 2.24) is 5.32 Å². The van der Waals surface area contributed by atoms with Crippen LogP contribution < -0.4 is 5.32 Å². The lowest BCUT2D eigenvalue weighted by molar-refractivity contribution is 0.457. The Bertz CT molecular complexity index is 317. The van der Waals surface area contributed by atoms with Crippen molar-refractivity contribution in [2.24, 2.45) is 5.92 Å². The minimum atomic E-state index is 0.498. The molecule has 0 aliphatic heterocycles. The Hall–Kier alpha value is 0.140. The summed E-state index contributed by atoms with van der Waals surface area (Å²) in [6.07, 6.45) is 7.19. The van der Waals surface area contributed by atoms with E-state index in [9.17, 15) is 0 Å². The average Bonchev–Trinajstić information content (AvgIpc) is 2.89. The second kappa shape index (κ2) is 6.18. The van der Waals surface area contributed by atoms with Gasteiger partial charge in [0.25, 0.3) is 0 Å². The maximum atomic E-state index is 3.63. The zero-order valence-corrected chi connectivity index (χ0v) is 12.2. The highest BCUT2D eigenvalue weighted by Gasteiger charge is 2.15. The van der Waals surface area contributed by atoms with Crippen molar-refractivity contribution in [2.45, 2.75) is 45.1 Å². The zero-order chi connectivity index (χ0) is 11.4. The van der Waals surface area contributed by atoms with Crippen molar-refractivity contribution in [3.05, 3.63) is 20.8 Å². The minimum absolute atomic E-state index is 0.498. The fourth-order valence-electron chi connectivity index (χ4n) is 2.46. The molecule has 90 valence electrons. The third-order valence-corrected chi connectivity index (χ3v) is 5.37. The van der Waals surface area contributed by atoms with E-state index in [1.807, 2.05) is 11.3 Å². The van der Waals surface area contributed by atoms with Gasteiger partial charge in [-0.2, -0.15) is 0 Å². The van der Waals surface area contributed by atoms with Crippen molar-refractivity contribution >= 4 is 27.3 Å². The van der Waals surface area contributed by atoms with Gasteiger partial charge in [-0.3, -0.25) is 0 Å². The molecule has 0 spiro atoms. The van der Waals surface area contributed by atoms with Gasteiger partial charge >= 0.3 is 0 Å². The van der Waals surface area contributed by atoms with E-state index in [0.717, 1.165) is 5.92 Å². The zero-order valence-electron chi connectivity index (χ0n) is 9.84. The van der Waals surface area contributed by atoms with Gasteiger partial charge in [0.2, 0.25) is 0 Å². The van der Waals surface area contributed by atoms with Gasteiger partial charge in [0.1, 0.15) is 0 Å². The van der Waals surface area contributed by atoms with E-state index in [-0.39, 0.29) is 0 Å². The fourth-order valence-corrected chi connectivity index (χ4v) is 3.94. The highest BCUT2D eigenvalue weighted by atomic mass is 79.9. The maximum absolute atomic E-state index is 3.63. The third-order valence-electron chi connectivity index (χ3n) is 3.49. The van der Waals surface area contributed by atoms with E-state index in [1.54, 1.807) is 0 Å². The molecule has 1 heterocycles. The number of nitrogens with one attached hydrogen (secondary N) is 1. The minimum Gasteiger partial charge on any atom is -0.309 e. The lowest BCUT2D eigenvalue weighted by Crippen LogP contribution is -2.20. The largest absolute Gasteiger partial charge is 0.309 e. The number of rotatable bonds is 5. The first-order chi connectivity index (χ1) is 7.75. The summed E-state index contributed by atoms with van der Waals surface area (Å²) in [7, 11) is 0.